The molecule has 0 fully saturated rings. The van der Waals surface area contributed by atoms with Crippen LogP contribution in [-0.2, 0) is 4.79 Å². The van der Waals surface area contributed by atoms with E-state index < -0.39 is 0 Å². The van der Waals surface area contributed by atoms with Crippen LogP contribution in [0.4, 0.5) is 0 Å². The Kier molecular flexibility index (Phi) is 4.25. The highest BCUT2D eigenvalue weighted by Gasteiger charge is 2.09. The maximum absolute atomic E-state index is 11.5. The van der Waals surface area contributed by atoms with Crippen LogP contribution in [0.3, 0.4) is 0 Å². The molecule has 0 saturated heterocycles. The van der Waals surface area contributed by atoms with Crippen molar-refractivity contribution in [1.29, 1.82) is 0 Å². The van der Waals surface area contributed by atoms with Crippen molar-refractivity contribution in [1.82, 2.24) is 0 Å². The summed E-state index contributed by atoms with van der Waals surface area (Å²) in [6.07, 6.45) is 0.452. The van der Waals surface area contributed by atoms with Crippen LogP contribution in [-0.4, -0.2) is 11.6 Å². The molecule has 0 N–H and O–H groups in total. The molecule has 3 heteroatoms. The summed E-state index contributed by atoms with van der Waals surface area (Å²) in [5.74, 6) is -0.0956. The van der Waals surface area contributed by atoms with Crippen molar-refractivity contribution in [2.75, 3.05) is 0 Å². The van der Waals surface area contributed by atoms with Crippen molar-refractivity contribution in [3.63, 3.8) is 0 Å². The third kappa shape index (κ3) is 3.21. The summed E-state index contributed by atoms with van der Waals surface area (Å²) in [7, 11) is 0. The Morgan fingerprint density at radius 1 is 1.21 bits per heavy atom. The van der Waals surface area contributed by atoms with Crippen LogP contribution < -0.4 is 0 Å². The lowest BCUT2D eigenvalue weighted by atomic mass is 10.1. The lowest BCUT2D eigenvalue weighted by Crippen LogP contribution is -2.06. The molecule has 0 aromatic heterocycles. The molecule has 0 aliphatic carbocycles. The van der Waals surface area contributed by atoms with Gasteiger partial charge in [-0.3, -0.25) is 9.59 Å². The van der Waals surface area contributed by atoms with E-state index in [-0.39, 0.29) is 18.0 Å². The van der Waals surface area contributed by atoms with E-state index in [4.69, 9.17) is 0 Å². The van der Waals surface area contributed by atoms with Gasteiger partial charge in [-0.15, -0.1) is 0 Å². The summed E-state index contributed by atoms with van der Waals surface area (Å²) in [5.41, 5.74) is 0.618. The molecule has 0 aliphatic rings. The zero-order valence-corrected chi connectivity index (χ0v) is 10.1. The zero-order chi connectivity index (χ0) is 10.6. The first-order valence-electron chi connectivity index (χ1n) is 4.44. The first kappa shape index (κ1) is 11.4. The minimum absolute atomic E-state index is 0.00597. The van der Waals surface area contributed by atoms with Crippen LogP contribution in [0.15, 0.2) is 24.3 Å². The molecule has 0 radical (unpaired) electrons. The van der Waals surface area contributed by atoms with E-state index in [0.717, 1.165) is 3.57 Å². The number of Topliss-reactive ketones (excluding diaryl/α,β-unsaturated/α-hetero) is 2. The van der Waals surface area contributed by atoms with E-state index in [0.29, 0.717) is 12.0 Å². The Bertz CT molecular complexity index is 341. The van der Waals surface area contributed by atoms with Gasteiger partial charge < -0.3 is 0 Å². The van der Waals surface area contributed by atoms with Gasteiger partial charge in [-0.05, 0) is 34.7 Å². The molecule has 1 aromatic carbocycles. The number of benzene rings is 1. The number of hydrogen-bond donors (Lipinski definition) is 0. The van der Waals surface area contributed by atoms with Gasteiger partial charge in [-0.2, -0.15) is 0 Å². The standard InChI is InChI=1S/C11H11IO2/c1-2-10(13)7-11(14)8-3-5-9(12)6-4-8/h3-6H,2,7H2,1H3. The molecule has 0 amide bonds. The monoisotopic (exact) mass is 302 g/mol. The summed E-state index contributed by atoms with van der Waals surface area (Å²) in [6, 6.07) is 7.24. The van der Waals surface area contributed by atoms with Crippen molar-refractivity contribution < 1.29 is 9.59 Å². The molecule has 0 aliphatic heterocycles. The van der Waals surface area contributed by atoms with Crippen molar-refractivity contribution in [2.24, 2.45) is 0 Å². The number of carbonyl (C=O) groups excluding carboxylic acids is 2. The molecule has 1 rings (SSSR count). The summed E-state index contributed by atoms with van der Waals surface area (Å²) in [5, 5.41) is 0. The molecule has 74 valence electrons. The second kappa shape index (κ2) is 5.24. The van der Waals surface area contributed by atoms with Crippen molar-refractivity contribution in [3.05, 3.63) is 33.4 Å². The Morgan fingerprint density at radius 2 is 1.79 bits per heavy atom. The maximum Gasteiger partial charge on any atom is 0.170 e. The van der Waals surface area contributed by atoms with Gasteiger partial charge >= 0.3 is 0 Å². The Hall–Kier alpha value is -0.710. The SMILES string of the molecule is CCC(=O)CC(=O)c1ccc(I)cc1. The first-order chi connectivity index (χ1) is 6.63. The summed E-state index contributed by atoms with van der Waals surface area (Å²) < 4.78 is 1.08. The third-order valence-corrected chi connectivity index (χ3v) is 2.64. The van der Waals surface area contributed by atoms with Gasteiger partial charge in [-0.1, -0.05) is 19.1 Å². The molecule has 0 atom stereocenters. The quantitative estimate of drug-likeness (QED) is 0.487. The van der Waals surface area contributed by atoms with Crippen LogP contribution in [0.25, 0.3) is 0 Å². The molecular weight excluding hydrogens is 291 g/mol. The highest BCUT2D eigenvalue weighted by Crippen LogP contribution is 2.09. The zero-order valence-electron chi connectivity index (χ0n) is 7.92. The molecule has 2 nitrogen and oxygen atoms in total. The second-order valence-corrected chi connectivity index (χ2v) is 4.24. The lowest BCUT2D eigenvalue weighted by Gasteiger charge is -1.99. The van der Waals surface area contributed by atoms with E-state index in [1.807, 2.05) is 12.1 Å². The molecule has 0 bridgehead atoms. The fourth-order valence-electron chi connectivity index (χ4n) is 1.04. The smallest absolute Gasteiger partial charge is 0.170 e. The maximum atomic E-state index is 11.5. The van der Waals surface area contributed by atoms with Crippen molar-refractivity contribution in [2.45, 2.75) is 19.8 Å². The van der Waals surface area contributed by atoms with Gasteiger partial charge in [0.15, 0.2) is 5.78 Å². The van der Waals surface area contributed by atoms with Gasteiger partial charge in [0, 0.05) is 15.6 Å². The first-order valence-corrected chi connectivity index (χ1v) is 5.52. The highest BCUT2D eigenvalue weighted by molar-refractivity contribution is 14.1. The van der Waals surface area contributed by atoms with E-state index >= 15 is 0 Å². The molecule has 0 saturated carbocycles. The van der Waals surface area contributed by atoms with Crippen LogP contribution >= 0.6 is 22.6 Å². The lowest BCUT2D eigenvalue weighted by molar-refractivity contribution is -0.117. The molecular formula is C11H11IO2. The molecule has 0 heterocycles. The Balaban J connectivity index is 2.70. The predicted molar refractivity (Wildman–Crippen MR) is 63.4 cm³/mol. The fraction of sp³-hybridized carbons (Fsp3) is 0.273. The van der Waals surface area contributed by atoms with Gasteiger partial charge in [0.1, 0.15) is 5.78 Å². The third-order valence-electron chi connectivity index (χ3n) is 1.92. The van der Waals surface area contributed by atoms with Crippen LogP contribution in [0.2, 0.25) is 0 Å². The number of hydrogen-bond acceptors (Lipinski definition) is 2. The minimum atomic E-state index is -0.0896. The Morgan fingerprint density at radius 3 is 2.29 bits per heavy atom. The normalized spacial score (nSPS) is 9.86. The average molecular weight is 302 g/mol. The van der Waals surface area contributed by atoms with Gasteiger partial charge in [-0.25, -0.2) is 0 Å². The highest BCUT2D eigenvalue weighted by atomic mass is 127. The van der Waals surface area contributed by atoms with Gasteiger partial charge in [0.25, 0.3) is 0 Å². The number of ketones is 2. The average Bonchev–Trinajstić information content (AvgIpc) is 2.18. The van der Waals surface area contributed by atoms with E-state index in [1.54, 1.807) is 19.1 Å². The largest absolute Gasteiger partial charge is 0.299 e. The van der Waals surface area contributed by atoms with Crippen molar-refractivity contribution >= 4 is 34.2 Å². The molecule has 0 unspecified atom stereocenters. The summed E-state index contributed by atoms with van der Waals surface area (Å²) >= 11 is 2.17. The Labute approximate surface area is 96.8 Å². The molecule has 0 spiro atoms. The molecule has 1 aromatic rings. The second-order valence-electron chi connectivity index (χ2n) is 3.00. The topological polar surface area (TPSA) is 34.1 Å². The summed E-state index contributed by atoms with van der Waals surface area (Å²) in [4.78, 5) is 22.5. The van der Waals surface area contributed by atoms with Gasteiger partial charge in [0.2, 0.25) is 0 Å². The van der Waals surface area contributed by atoms with Crippen molar-refractivity contribution in [3.8, 4) is 0 Å². The number of rotatable bonds is 4. The van der Waals surface area contributed by atoms with E-state index in [2.05, 4.69) is 22.6 Å². The number of carbonyl (C=O) groups is 2. The van der Waals surface area contributed by atoms with Crippen LogP contribution in [0, 0.1) is 3.57 Å². The predicted octanol–water partition coefficient (Wildman–Crippen LogP) is 2.84. The fourth-order valence-corrected chi connectivity index (χ4v) is 1.40. The minimum Gasteiger partial charge on any atom is -0.299 e. The summed E-state index contributed by atoms with van der Waals surface area (Å²) in [6.45, 7) is 1.77. The van der Waals surface area contributed by atoms with Gasteiger partial charge in [0.05, 0.1) is 6.42 Å². The van der Waals surface area contributed by atoms with E-state index in [9.17, 15) is 9.59 Å². The number of halogens is 1. The van der Waals surface area contributed by atoms with E-state index in [1.165, 1.54) is 0 Å². The molecule has 14 heavy (non-hydrogen) atoms. The van der Waals surface area contributed by atoms with Crippen LogP contribution in [0.1, 0.15) is 30.1 Å². The van der Waals surface area contributed by atoms with Crippen LogP contribution in [0.5, 0.6) is 0 Å².